The smallest absolute Gasteiger partial charge is 0.222 e. The van der Waals surface area contributed by atoms with E-state index in [1.54, 1.807) is 0 Å². The molecule has 1 amide bonds. The van der Waals surface area contributed by atoms with Crippen LogP contribution in [0.25, 0.3) is 0 Å². The summed E-state index contributed by atoms with van der Waals surface area (Å²) in [6.07, 6.45) is 1.33. The average molecular weight is 278 g/mol. The molecule has 0 aromatic rings. The Morgan fingerprint density at radius 1 is 1.56 bits per heavy atom. The van der Waals surface area contributed by atoms with Gasteiger partial charge in [-0.2, -0.15) is 0 Å². The number of hydrogen-bond donors (Lipinski definition) is 2. The van der Waals surface area contributed by atoms with Gasteiger partial charge in [0.15, 0.2) is 9.84 Å². The molecule has 2 atom stereocenters. The van der Waals surface area contributed by atoms with Crippen molar-refractivity contribution in [2.75, 3.05) is 24.7 Å². The molecule has 1 heterocycles. The summed E-state index contributed by atoms with van der Waals surface area (Å²) in [4.78, 5) is 13.5. The minimum Gasteiger partial charge on any atom is -0.395 e. The molecule has 2 unspecified atom stereocenters. The number of nitrogens with two attached hydrogens (primary N) is 1. The summed E-state index contributed by atoms with van der Waals surface area (Å²) < 4.78 is 22.8. The monoisotopic (exact) mass is 278 g/mol. The summed E-state index contributed by atoms with van der Waals surface area (Å²) in [5, 5.41) is 8.99. The lowest BCUT2D eigenvalue weighted by Crippen LogP contribution is -2.43. The highest BCUT2D eigenvalue weighted by atomic mass is 32.2. The second-order valence-electron chi connectivity index (χ2n) is 4.88. The molecule has 1 aliphatic rings. The molecule has 0 saturated carbocycles. The number of carbonyl (C=O) groups excluding carboxylic acids is 1. The van der Waals surface area contributed by atoms with Crippen molar-refractivity contribution in [2.45, 2.75) is 38.3 Å². The molecule has 1 saturated heterocycles. The summed E-state index contributed by atoms with van der Waals surface area (Å²) >= 11 is 0. The number of carbonyl (C=O) groups is 1. The van der Waals surface area contributed by atoms with Crippen molar-refractivity contribution >= 4 is 15.7 Å². The minimum atomic E-state index is -3.02. The van der Waals surface area contributed by atoms with E-state index in [2.05, 4.69) is 0 Å². The van der Waals surface area contributed by atoms with Crippen molar-refractivity contribution in [3.8, 4) is 0 Å². The standard InChI is InChI=1S/C11H22N2O4S/c1-9(12)2-3-11(15)13(5-6-14)10-4-7-18(16,17)8-10/h9-10,14H,2-8,12H2,1H3. The van der Waals surface area contributed by atoms with Crippen LogP contribution in [0.5, 0.6) is 0 Å². The van der Waals surface area contributed by atoms with Gasteiger partial charge in [-0.15, -0.1) is 0 Å². The van der Waals surface area contributed by atoms with Gasteiger partial charge >= 0.3 is 0 Å². The topological polar surface area (TPSA) is 101 Å². The molecular weight excluding hydrogens is 256 g/mol. The van der Waals surface area contributed by atoms with Gasteiger partial charge in [-0.1, -0.05) is 0 Å². The molecule has 1 aliphatic heterocycles. The quantitative estimate of drug-likeness (QED) is 0.657. The van der Waals surface area contributed by atoms with Crippen molar-refractivity contribution in [3.63, 3.8) is 0 Å². The molecule has 0 bridgehead atoms. The van der Waals surface area contributed by atoms with Crippen molar-refractivity contribution in [1.29, 1.82) is 0 Å². The lowest BCUT2D eigenvalue weighted by Gasteiger charge is -2.27. The number of nitrogens with zero attached hydrogens (tertiary/aromatic N) is 1. The van der Waals surface area contributed by atoms with Crippen LogP contribution >= 0.6 is 0 Å². The summed E-state index contributed by atoms with van der Waals surface area (Å²) in [5.41, 5.74) is 5.60. The summed E-state index contributed by atoms with van der Waals surface area (Å²) in [7, 11) is -3.02. The van der Waals surface area contributed by atoms with Gasteiger partial charge in [0.05, 0.1) is 18.1 Å². The maximum Gasteiger partial charge on any atom is 0.222 e. The maximum absolute atomic E-state index is 12.0. The Morgan fingerprint density at radius 2 is 2.22 bits per heavy atom. The number of aliphatic hydroxyl groups excluding tert-OH is 1. The third-order valence-electron chi connectivity index (χ3n) is 3.12. The van der Waals surface area contributed by atoms with E-state index in [9.17, 15) is 13.2 Å². The fourth-order valence-electron chi connectivity index (χ4n) is 2.13. The lowest BCUT2D eigenvalue weighted by molar-refractivity contribution is -0.133. The molecule has 3 N–H and O–H groups in total. The van der Waals surface area contributed by atoms with Crippen molar-refractivity contribution in [1.82, 2.24) is 4.90 Å². The normalized spacial score (nSPS) is 23.8. The number of sulfone groups is 1. The first-order chi connectivity index (χ1) is 8.35. The van der Waals surface area contributed by atoms with Gasteiger partial charge in [0.25, 0.3) is 0 Å². The molecule has 7 heteroatoms. The van der Waals surface area contributed by atoms with Crippen molar-refractivity contribution in [2.24, 2.45) is 5.73 Å². The van der Waals surface area contributed by atoms with Crippen LogP contribution < -0.4 is 5.73 Å². The van der Waals surface area contributed by atoms with Crippen LogP contribution in [-0.4, -0.2) is 61.1 Å². The van der Waals surface area contributed by atoms with Crippen LogP contribution in [-0.2, 0) is 14.6 Å². The number of rotatable bonds is 6. The highest BCUT2D eigenvalue weighted by Crippen LogP contribution is 2.18. The summed E-state index contributed by atoms with van der Waals surface area (Å²) in [6.45, 7) is 1.86. The maximum atomic E-state index is 12.0. The molecule has 1 fully saturated rings. The molecule has 0 spiro atoms. The van der Waals surface area contributed by atoms with E-state index in [-0.39, 0.29) is 42.6 Å². The first-order valence-electron chi connectivity index (χ1n) is 6.22. The second-order valence-corrected chi connectivity index (χ2v) is 7.11. The van der Waals surface area contributed by atoms with E-state index in [1.807, 2.05) is 6.92 Å². The highest BCUT2D eigenvalue weighted by molar-refractivity contribution is 7.91. The average Bonchev–Trinajstić information content (AvgIpc) is 2.63. The SMILES string of the molecule is CC(N)CCC(=O)N(CCO)C1CCS(=O)(=O)C1. The van der Waals surface area contributed by atoms with Gasteiger partial charge in [0.1, 0.15) is 0 Å². The zero-order valence-corrected chi connectivity index (χ0v) is 11.5. The Labute approximate surface area is 108 Å². The largest absolute Gasteiger partial charge is 0.395 e. The second kappa shape index (κ2) is 6.49. The van der Waals surface area contributed by atoms with Crippen molar-refractivity contribution < 1.29 is 18.3 Å². The van der Waals surface area contributed by atoms with Crippen LogP contribution in [0, 0.1) is 0 Å². The predicted molar refractivity (Wildman–Crippen MR) is 68.7 cm³/mol. The summed E-state index contributed by atoms with van der Waals surface area (Å²) in [5.74, 6) is 0.0142. The van der Waals surface area contributed by atoms with E-state index in [0.29, 0.717) is 19.3 Å². The third-order valence-corrected chi connectivity index (χ3v) is 4.87. The van der Waals surface area contributed by atoms with Crippen LogP contribution in [0.4, 0.5) is 0 Å². The minimum absolute atomic E-state index is 0.0108. The first-order valence-corrected chi connectivity index (χ1v) is 8.04. The Balaban J connectivity index is 2.62. The lowest BCUT2D eigenvalue weighted by atomic mass is 10.1. The van der Waals surface area contributed by atoms with E-state index in [4.69, 9.17) is 10.8 Å². The van der Waals surface area contributed by atoms with E-state index in [0.717, 1.165) is 0 Å². The van der Waals surface area contributed by atoms with Gasteiger partial charge in [-0.25, -0.2) is 8.42 Å². The van der Waals surface area contributed by atoms with Crippen LogP contribution in [0.2, 0.25) is 0 Å². The van der Waals surface area contributed by atoms with Crippen LogP contribution in [0.15, 0.2) is 0 Å². The zero-order chi connectivity index (χ0) is 13.8. The van der Waals surface area contributed by atoms with Gasteiger partial charge in [0, 0.05) is 25.0 Å². The van der Waals surface area contributed by atoms with Crippen LogP contribution in [0.3, 0.4) is 0 Å². The van der Waals surface area contributed by atoms with E-state index >= 15 is 0 Å². The Morgan fingerprint density at radius 3 is 2.67 bits per heavy atom. The van der Waals surface area contributed by atoms with Crippen molar-refractivity contribution in [3.05, 3.63) is 0 Å². The van der Waals surface area contributed by atoms with E-state index in [1.165, 1.54) is 4.90 Å². The van der Waals surface area contributed by atoms with Gasteiger partial charge in [-0.05, 0) is 19.8 Å². The Bertz CT molecular complexity index is 381. The third kappa shape index (κ3) is 4.55. The molecular formula is C11H22N2O4S. The summed E-state index contributed by atoms with van der Waals surface area (Å²) in [6, 6.07) is -0.347. The zero-order valence-electron chi connectivity index (χ0n) is 10.7. The fraction of sp³-hybridized carbons (Fsp3) is 0.909. The Hall–Kier alpha value is -0.660. The molecule has 6 nitrogen and oxygen atoms in total. The number of amides is 1. The number of aliphatic hydroxyl groups is 1. The first kappa shape index (κ1) is 15.4. The molecule has 0 aromatic heterocycles. The van der Waals surface area contributed by atoms with E-state index < -0.39 is 9.84 Å². The molecule has 0 aliphatic carbocycles. The van der Waals surface area contributed by atoms with Gasteiger partial charge < -0.3 is 15.7 Å². The Kier molecular flexibility index (Phi) is 5.55. The highest BCUT2D eigenvalue weighted by Gasteiger charge is 2.34. The van der Waals surface area contributed by atoms with Gasteiger partial charge in [-0.3, -0.25) is 4.79 Å². The van der Waals surface area contributed by atoms with Crippen LogP contribution in [0.1, 0.15) is 26.2 Å². The van der Waals surface area contributed by atoms with Gasteiger partial charge in [0.2, 0.25) is 5.91 Å². The molecule has 106 valence electrons. The molecule has 18 heavy (non-hydrogen) atoms. The molecule has 0 radical (unpaired) electrons. The predicted octanol–water partition coefficient (Wildman–Crippen LogP) is -0.878. The number of hydrogen-bond acceptors (Lipinski definition) is 5. The molecule has 1 rings (SSSR count). The fourth-order valence-corrected chi connectivity index (χ4v) is 3.87. The molecule has 0 aromatic carbocycles.